The number of phenols is 1. The Morgan fingerprint density at radius 2 is 1.93 bits per heavy atom. The Kier molecular flexibility index (Phi) is 4.76. The molecule has 0 aliphatic rings. The van der Waals surface area contributed by atoms with Crippen LogP contribution in [0.5, 0.6) is 5.75 Å². The standard InChI is InChI=1S/C10H9NO.B.Li.H/c1-7-5-6-8-3-2-4-9(12)10(8)11-7;;;/h2-6,12H,1H3;;;/q;;+1;-1. The number of hydrogen-bond acceptors (Lipinski definition) is 2. The second-order valence-corrected chi connectivity index (χ2v) is 2.80. The maximum Gasteiger partial charge on any atom is 1.00 e. The Bertz CT molecular complexity index is 439. The molecule has 65 valence electrons. The molecule has 0 aliphatic heterocycles. The summed E-state index contributed by atoms with van der Waals surface area (Å²) in [6, 6.07) is 9.28. The van der Waals surface area contributed by atoms with Crippen molar-refractivity contribution >= 4 is 19.3 Å². The van der Waals surface area contributed by atoms with Crippen molar-refractivity contribution in [1.82, 2.24) is 4.98 Å². The molecular weight excluding hydrogens is 168 g/mol. The van der Waals surface area contributed by atoms with Crippen molar-refractivity contribution in [2.75, 3.05) is 0 Å². The number of hydrogen-bond donors (Lipinski definition) is 1. The summed E-state index contributed by atoms with van der Waals surface area (Å²) < 4.78 is 0. The van der Waals surface area contributed by atoms with Crippen LogP contribution in [0.4, 0.5) is 0 Å². The van der Waals surface area contributed by atoms with Crippen LogP contribution in [0.1, 0.15) is 7.12 Å². The Labute approximate surface area is 98.6 Å². The van der Waals surface area contributed by atoms with E-state index >= 15 is 0 Å². The van der Waals surface area contributed by atoms with Crippen LogP contribution in [0.3, 0.4) is 0 Å². The summed E-state index contributed by atoms with van der Waals surface area (Å²) in [5.74, 6) is 0.246. The second-order valence-electron chi connectivity index (χ2n) is 2.80. The maximum atomic E-state index is 9.43. The summed E-state index contributed by atoms with van der Waals surface area (Å²) in [5, 5.41) is 10.4. The molecule has 0 aliphatic carbocycles. The maximum absolute atomic E-state index is 9.43. The van der Waals surface area contributed by atoms with Gasteiger partial charge in [0, 0.05) is 19.5 Å². The minimum atomic E-state index is 0. The van der Waals surface area contributed by atoms with Crippen LogP contribution in [0.25, 0.3) is 10.9 Å². The molecule has 1 aromatic heterocycles. The quantitative estimate of drug-likeness (QED) is 0.524. The zero-order valence-corrected chi connectivity index (χ0v) is 8.36. The van der Waals surface area contributed by atoms with Gasteiger partial charge in [-0.15, -0.1) is 0 Å². The van der Waals surface area contributed by atoms with Crippen molar-refractivity contribution in [3.63, 3.8) is 0 Å². The molecule has 4 heteroatoms. The van der Waals surface area contributed by atoms with Gasteiger partial charge in [-0.05, 0) is 19.1 Å². The third-order valence-corrected chi connectivity index (χ3v) is 1.84. The van der Waals surface area contributed by atoms with Gasteiger partial charge >= 0.3 is 18.9 Å². The summed E-state index contributed by atoms with van der Waals surface area (Å²) in [6.45, 7) is 1.91. The number of aromatic hydroxyl groups is 1. The summed E-state index contributed by atoms with van der Waals surface area (Å²) in [6.07, 6.45) is 0. The average Bonchev–Trinajstić information content (AvgIpc) is 2.07. The summed E-state index contributed by atoms with van der Waals surface area (Å²) >= 11 is 0. The molecule has 3 radical (unpaired) electrons. The van der Waals surface area contributed by atoms with E-state index in [-0.39, 0.29) is 34.4 Å². The predicted molar refractivity (Wildman–Crippen MR) is 55.0 cm³/mol. The Morgan fingerprint density at radius 3 is 2.64 bits per heavy atom. The molecule has 2 aromatic rings. The van der Waals surface area contributed by atoms with Crippen molar-refractivity contribution in [1.29, 1.82) is 0 Å². The zero-order valence-electron chi connectivity index (χ0n) is 9.36. The fraction of sp³-hybridized carbons (Fsp3) is 0.100. The van der Waals surface area contributed by atoms with E-state index in [1.54, 1.807) is 6.07 Å². The Morgan fingerprint density at radius 1 is 1.21 bits per heavy atom. The number of aryl methyl sites for hydroxylation is 1. The first kappa shape index (κ1) is 13.1. The topological polar surface area (TPSA) is 33.1 Å². The van der Waals surface area contributed by atoms with Gasteiger partial charge in [0.15, 0.2) is 0 Å². The van der Waals surface area contributed by atoms with Crippen molar-refractivity contribution in [3.8, 4) is 5.75 Å². The van der Waals surface area contributed by atoms with E-state index in [1.165, 1.54) is 0 Å². The normalized spacial score (nSPS) is 8.93. The van der Waals surface area contributed by atoms with E-state index in [1.807, 2.05) is 31.2 Å². The summed E-state index contributed by atoms with van der Waals surface area (Å²) in [4.78, 5) is 4.23. The molecule has 1 N–H and O–H groups in total. The SMILES string of the molecule is Cc1ccc2cccc(O)c2n1.[B].[H-].[Li+]. The second kappa shape index (κ2) is 5.09. The van der Waals surface area contributed by atoms with Crippen LogP contribution >= 0.6 is 0 Å². The predicted octanol–water partition coefficient (Wildman–Crippen LogP) is -1.02. The fourth-order valence-electron chi connectivity index (χ4n) is 1.23. The Hall–Kier alpha value is -0.908. The number of para-hydroxylation sites is 1. The van der Waals surface area contributed by atoms with Crippen LogP contribution < -0.4 is 18.9 Å². The molecule has 14 heavy (non-hydrogen) atoms. The molecule has 0 spiro atoms. The number of phenolic OH excluding ortho intramolecular Hbond substituents is 1. The zero-order chi connectivity index (χ0) is 8.55. The van der Waals surface area contributed by atoms with Crippen molar-refractivity contribution < 1.29 is 25.4 Å². The third-order valence-electron chi connectivity index (χ3n) is 1.84. The molecule has 0 bridgehead atoms. The number of benzene rings is 1. The van der Waals surface area contributed by atoms with Gasteiger partial charge in [-0.1, -0.05) is 18.2 Å². The molecular formula is C10H10BLiNO. The van der Waals surface area contributed by atoms with Crippen LogP contribution in [0, 0.1) is 6.92 Å². The van der Waals surface area contributed by atoms with E-state index in [4.69, 9.17) is 0 Å². The summed E-state index contributed by atoms with van der Waals surface area (Å²) in [7, 11) is 0. The summed E-state index contributed by atoms with van der Waals surface area (Å²) in [5.41, 5.74) is 1.60. The van der Waals surface area contributed by atoms with Gasteiger partial charge in [-0.3, -0.25) is 0 Å². The van der Waals surface area contributed by atoms with E-state index < -0.39 is 0 Å². The average molecular weight is 178 g/mol. The fourth-order valence-corrected chi connectivity index (χ4v) is 1.23. The van der Waals surface area contributed by atoms with Crippen molar-refractivity contribution in [2.45, 2.75) is 6.92 Å². The molecule has 0 amide bonds. The van der Waals surface area contributed by atoms with Gasteiger partial charge in [-0.25, -0.2) is 4.98 Å². The van der Waals surface area contributed by atoms with E-state index in [0.717, 1.165) is 11.1 Å². The third kappa shape index (κ3) is 2.31. The number of rotatable bonds is 0. The van der Waals surface area contributed by atoms with Crippen LogP contribution in [-0.2, 0) is 0 Å². The smallest absolute Gasteiger partial charge is 1.00 e. The first-order valence-corrected chi connectivity index (χ1v) is 3.83. The van der Waals surface area contributed by atoms with Gasteiger partial charge in [-0.2, -0.15) is 0 Å². The first-order valence-electron chi connectivity index (χ1n) is 3.83. The van der Waals surface area contributed by atoms with E-state index in [2.05, 4.69) is 4.98 Å². The van der Waals surface area contributed by atoms with Gasteiger partial charge in [0.2, 0.25) is 0 Å². The minimum absolute atomic E-state index is 0. The van der Waals surface area contributed by atoms with Gasteiger partial charge in [0.05, 0.1) is 0 Å². The van der Waals surface area contributed by atoms with Crippen LogP contribution in [-0.4, -0.2) is 18.5 Å². The van der Waals surface area contributed by atoms with Crippen molar-refractivity contribution in [2.24, 2.45) is 0 Å². The first-order chi connectivity index (χ1) is 5.77. The number of pyridine rings is 1. The molecule has 0 unspecified atom stereocenters. The molecule has 0 saturated carbocycles. The molecule has 1 aromatic carbocycles. The molecule has 0 saturated heterocycles. The Balaban J connectivity index is 0. The van der Waals surface area contributed by atoms with E-state index in [0.29, 0.717) is 5.52 Å². The molecule has 0 atom stereocenters. The van der Waals surface area contributed by atoms with Crippen LogP contribution in [0.15, 0.2) is 30.3 Å². The molecule has 0 fully saturated rings. The number of aromatic nitrogens is 1. The number of nitrogens with zero attached hydrogens (tertiary/aromatic N) is 1. The monoisotopic (exact) mass is 178 g/mol. The van der Waals surface area contributed by atoms with E-state index in [9.17, 15) is 5.11 Å². The largest absolute Gasteiger partial charge is 1.00 e. The van der Waals surface area contributed by atoms with Gasteiger partial charge < -0.3 is 6.53 Å². The van der Waals surface area contributed by atoms with Crippen LogP contribution in [0.2, 0.25) is 0 Å². The van der Waals surface area contributed by atoms with Gasteiger partial charge in [0.25, 0.3) is 0 Å². The molecule has 1 heterocycles. The number of fused-ring (bicyclic) bond motifs is 1. The molecule has 2 rings (SSSR count). The van der Waals surface area contributed by atoms with Crippen molar-refractivity contribution in [3.05, 3.63) is 36.0 Å². The van der Waals surface area contributed by atoms with Gasteiger partial charge in [0.1, 0.15) is 11.3 Å². The minimum Gasteiger partial charge on any atom is -1.00 e. The molecule has 2 nitrogen and oxygen atoms in total.